The van der Waals surface area contributed by atoms with Gasteiger partial charge in [-0.1, -0.05) is 44.2 Å². The van der Waals surface area contributed by atoms with Crippen molar-refractivity contribution in [1.29, 1.82) is 0 Å². The lowest BCUT2D eigenvalue weighted by Gasteiger charge is -2.37. The maximum absolute atomic E-state index is 12.8. The van der Waals surface area contributed by atoms with Gasteiger partial charge >= 0.3 is 0 Å². The number of piperidine rings is 1. The van der Waals surface area contributed by atoms with Gasteiger partial charge in [0.15, 0.2) is 0 Å². The summed E-state index contributed by atoms with van der Waals surface area (Å²) in [5, 5.41) is 3.31. The van der Waals surface area contributed by atoms with Crippen molar-refractivity contribution >= 4 is 18.3 Å². The summed E-state index contributed by atoms with van der Waals surface area (Å²) in [6.45, 7) is 5.98. The van der Waals surface area contributed by atoms with Crippen LogP contribution in [0, 0.1) is 5.41 Å². The number of halogens is 1. The van der Waals surface area contributed by atoms with Gasteiger partial charge in [-0.05, 0) is 44.7 Å². The Morgan fingerprint density at radius 3 is 2.65 bits per heavy atom. The molecule has 1 aromatic carbocycles. The molecular formula is C19H31ClN2O. The fourth-order valence-electron chi connectivity index (χ4n) is 3.31. The molecule has 4 heteroatoms. The Hall–Kier alpha value is -1.06. The lowest BCUT2D eigenvalue weighted by Crippen LogP contribution is -2.50. The zero-order valence-corrected chi connectivity index (χ0v) is 15.5. The molecule has 1 N–H and O–H groups in total. The normalized spacial score (nSPS) is 18.4. The van der Waals surface area contributed by atoms with Gasteiger partial charge in [0.2, 0.25) is 5.91 Å². The molecular weight excluding hydrogens is 308 g/mol. The molecule has 23 heavy (non-hydrogen) atoms. The Morgan fingerprint density at radius 2 is 2.00 bits per heavy atom. The van der Waals surface area contributed by atoms with E-state index in [9.17, 15) is 4.79 Å². The lowest BCUT2D eigenvalue weighted by atomic mass is 9.84. The zero-order valence-electron chi connectivity index (χ0n) is 14.7. The summed E-state index contributed by atoms with van der Waals surface area (Å²) in [4.78, 5) is 14.9. The van der Waals surface area contributed by atoms with Gasteiger partial charge in [-0.15, -0.1) is 12.4 Å². The van der Waals surface area contributed by atoms with E-state index < -0.39 is 0 Å². The average molecular weight is 339 g/mol. The quantitative estimate of drug-likeness (QED) is 0.858. The molecule has 0 radical (unpaired) electrons. The number of carbonyl (C=O) groups excluding carboxylic acids is 1. The van der Waals surface area contributed by atoms with E-state index in [1.165, 1.54) is 12.0 Å². The van der Waals surface area contributed by atoms with E-state index in [2.05, 4.69) is 48.3 Å². The van der Waals surface area contributed by atoms with Crippen molar-refractivity contribution in [2.75, 3.05) is 20.1 Å². The van der Waals surface area contributed by atoms with Crippen molar-refractivity contribution in [2.45, 2.75) is 52.0 Å². The molecule has 0 spiro atoms. The van der Waals surface area contributed by atoms with Crippen LogP contribution in [0.25, 0.3) is 0 Å². The van der Waals surface area contributed by atoms with Gasteiger partial charge in [-0.3, -0.25) is 4.79 Å². The molecule has 1 aliphatic rings. The molecule has 1 amide bonds. The maximum atomic E-state index is 12.8. The van der Waals surface area contributed by atoms with Crippen molar-refractivity contribution in [1.82, 2.24) is 10.2 Å². The summed E-state index contributed by atoms with van der Waals surface area (Å²) in [6, 6.07) is 11.0. The molecule has 1 heterocycles. The number of likely N-dealkylation sites (N-methyl/N-ethyl adjacent to an activating group) is 1. The third kappa shape index (κ3) is 5.82. The van der Waals surface area contributed by atoms with Crippen LogP contribution in [0.4, 0.5) is 0 Å². The molecule has 1 saturated heterocycles. The van der Waals surface area contributed by atoms with Crippen LogP contribution in [-0.4, -0.2) is 37.0 Å². The van der Waals surface area contributed by atoms with Crippen LogP contribution in [0.3, 0.4) is 0 Å². The summed E-state index contributed by atoms with van der Waals surface area (Å²) in [6.07, 6.45) is 5.34. The van der Waals surface area contributed by atoms with Gasteiger partial charge in [-0.2, -0.15) is 0 Å². The first-order chi connectivity index (χ1) is 10.5. The zero-order chi connectivity index (χ0) is 16.0. The second-order valence-electron chi connectivity index (χ2n) is 7.10. The minimum Gasteiger partial charge on any atom is -0.341 e. The summed E-state index contributed by atoms with van der Waals surface area (Å²) in [5.74, 6) is 0.320. The largest absolute Gasteiger partial charge is 0.341 e. The van der Waals surface area contributed by atoms with Crippen molar-refractivity contribution in [2.24, 2.45) is 5.41 Å². The smallest absolute Gasteiger partial charge is 0.228 e. The third-order valence-corrected chi connectivity index (χ3v) is 4.81. The van der Waals surface area contributed by atoms with E-state index in [1.54, 1.807) is 0 Å². The van der Waals surface area contributed by atoms with Crippen molar-refractivity contribution < 1.29 is 4.79 Å². The first-order valence-electron chi connectivity index (χ1n) is 8.53. The number of rotatable bonds is 6. The minimum absolute atomic E-state index is 0. The van der Waals surface area contributed by atoms with Crippen LogP contribution >= 0.6 is 12.4 Å². The van der Waals surface area contributed by atoms with Crippen LogP contribution in [0.2, 0.25) is 0 Å². The van der Waals surface area contributed by atoms with E-state index in [0.717, 1.165) is 38.8 Å². The fourth-order valence-corrected chi connectivity index (χ4v) is 3.31. The molecule has 1 aromatic rings. The van der Waals surface area contributed by atoms with Gasteiger partial charge in [0.25, 0.3) is 0 Å². The number of carbonyl (C=O) groups is 1. The molecule has 0 saturated carbocycles. The van der Waals surface area contributed by atoms with Gasteiger partial charge in [-0.25, -0.2) is 0 Å². The summed E-state index contributed by atoms with van der Waals surface area (Å²) in [5.41, 5.74) is 1.10. The topological polar surface area (TPSA) is 32.3 Å². The molecule has 1 fully saturated rings. The lowest BCUT2D eigenvalue weighted by molar-refractivity contribution is -0.142. The second kappa shape index (κ2) is 9.29. The Kier molecular flexibility index (Phi) is 8.07. The first-order valence-corrected chi connectivity index (χ1v) is 8.53. The molecule has 1 aliphatic heterocycles. The van der Waals surface area contributed by atoms with E-state index in [0.29, 0.717) is 11.9 Å². The Morgan fingerprint density at radius 1 is 1.30 bits per heavy atom. The molecule has 130 valence electrons. The summed E-state index contributed by atoms with van der Waals surface area (Å²) in [7, 11) is 1.99. The monoisotopic (exact) mass is 338 g/mol. The maximum Gasteiger partial charge on any atom is 0.228 e. The molecule has 1 atom stereocenters. The fraction of sp³-hybridized carbons (Fsp3) is 0.632. The molecule has 0 bridgehead atoms. The number of benzene rings is 1. The molecule has 3 nitrogen and oxygen atoms in total. The number of aryl methyl sites for hydroxylation is 1. The number of amides is 1. The van der Waals surface area contributed by atoms with Crippen LogP contribution in [0.5, 0.6) is 0 Å². The highest BCUT2D eigenvalue weighted by Gasteiger charge is 2.33. The van der Waals surface area contributed by atoms with E-state index in [1.807, 2.05) is 13.1 Å². The van der Waals surface area contributed by atoms with E-state index >= 15 is 0 Å². The molecule has 2 rings (SSSR count). The van der Waals surface area contributed by atoms with Crippen LogP contribution in [0.15, 0.2) is 30.3 Å². The SMILES string of the molecule is CNC1CCCN(C(=O)C(C)(C)CCCc2ccccc2)C1.Cl. The Labute approximate surface area is 147 Å². The number of likely N-dealkylation sites (tertiary alicyclic amines) is 1. The number of hydrogen-bond donors (Lipinski definition) is 1. The minimum atomic E-state index is -0.260. The third-order valence-electron chi connectivity index (χ3n) is 4.81. The van der Waals surface area contributed by atoms with Crippen LogP contribution in [0.1, 0.15) is 45.1 Å². The highest BCUT2D eigenvalue weighted by molar-refractivity contribution is 5.85. The van der Waals surface area contributed by atoms with Crippen molar-refractivity contribution in [3.63, 3.8) is 0 Å². The second-order valence-corrected chi connectivity index (χ2v) is 7.10. The number of nitrogens with one attached hydrogen (secondary N) is 1. The van der Waals surface area contributed by atoms with Crippen LogP contribution < -0.4 is 5.32 Å². The molecule has 0 aromatic heterocycles. The van der Waals surface area contributed by atoms with Gasteiger partial charge in [0.05, 0.1) is 0 Å². The molecule has 0 aliphatic carbocycles. The number of hydrogen-bond acceptors (Lipinski definition) is 2. The van der Waals surface area contributed by atoms with Gasteiger partial charge < -0.3 is 10.2 Å². The Balaban J connectivity index is 0.00000264. The van der Waals surface area contributed by atoms with E-state index in [-0.39, 0.29) is 17.8 Å². The first kappa shape index (κ1) is 20.0. The predicted molar refractivity (Wildman–Crippen MR) is 99.1 cm³/mol. The van der Waals surface area contributed by atoms with Crippen molar-refractivity contribution in [3.8, 4) is 0 Å². The Bertz CT molecular complexity index is 476. The van der Waals surface area contributed by atoms with Crippen LogP contribution in [-0.2, 0) is 11.2 Å². The van der Waals surface area contributed by atoms with Crippen molar-refractivity contribution in [3.05, 3.63) is 35.9 Å². The average Bonchev–Trinajstić information content (AvgIpc) is 2.55. The van der Waals surface area contributed by atoms with Gasteiger partial charge in [0.1, 0.15) is 0 Å². The highest BCUT2D eigenvalue weighted by Crippen LogP contribution is 2.28. The van der Waals surface area contributed by atoms with E-state index in [4.69, 9.17) is 0 Å². The highest BCUT2D eigenvalue weighted by atomic mass is 35.5. The summed E-state index contributed by atoms with van der Waals surface area (Å²) >= 11 is 0. The standard InChI is InChI=1S/C19H30N2O.ClH/c1-19(2,13-7-11-16-9-5-4-6-10-16)18(22)21-14-8-12-17(15-21)20-3;/h4-6,9-10,17,20H,7-8,11-15H2,1-3H3;1H. The summed E-state index contributed by atoms with van der Waals surface area (Å²) < 4.78 is 0. The predicted octanol–water partition coefficient (Wildman–Crippen LogP) is 3.67. The molecule has 1 unspecified atom stereocenters. The van der Waals surface area contributed by atoms with Gasteiger partial charge in [0, 0.05) is 24.5 Å². The number of nitrogens with zero attached hydrogens (tertiary/aromatic N) is 1.